The number of amides is 2. The molecule has 6 heteroatoms. The Bertz CT molecular complexity index is 691. The molecule has 116 valence electrons. The highest BCUT2D eigenvalue weighted by Gasteiger charge is 2.49. The van der Waals surface area contributed by atoms with Crippen LogP contribution in [0.25, 0.3) is 0 Å². The first-order valence-corrected chi connectivity index (χ1v) is 7.64. The Kier molecular flexibility index (Phi) is 3.48. The summed E-state index contributed by atoms with van der Waals surface area (Å²) in [6.45, 7) is 5.55. The number of hydrogen-bond acceptors (Lipinski definition) is 3. The molecule has 1 aliphatic heterocycles. The van der Waals surface area contributed by atoms with Crippen LogP contribution in [0.15, 0.2) is 23.3 Å². The second-order valence-corrected chi connectivity index (χ2v) is 7.25. The maximum absolute atomic E-state index is 12.3. The van der Waals surface area contributed by atoms with E-state index in [1.54, 1.807) is 12.1 Å². The molecule has 2 amide bonds. The van der Waals surface area contributed by atoms with Gasteiger partial charge < -0.3 is 5.32 Å². The lowest BCUT2D eigenvalue weighted by atomic mass is 9.94. The van der Waals surface area contributed by atoms with Gasteiger partial charge in [0.2, 0.25) is 11.8 Å². The number of carbonyl (C=O) groups excluding carboxylic acids is 2. The molecular weight excluding hydrogens is 302 g/mol. The molecule has 2 N–H and O–H groups in total. The molecule has 0 spiro atoms. The Balaban J connectivity index is 1.95. The highest BCUT2D eigenvalue weighted by Crippen LogP contribution is 2.44. The highest BCUT2D eigenvalue weighted by molar-refractivity contribution is 6.31. The molecule has 1 aromatic carbocycles. The topological polar surface area (TPSA) is 70.6 Å². The number of hydrazone groups is 1. The third-order valence-electron chi connectivity index (χ3n) is 3.95. The van der Waals surface area contributed by atoms with Gasteiger partial charge in [-0.15, -0.1) is 0 Å². The van der Waals surface area contributed by atoms with Crippen LogP contribution in [-0.4, -0.2) is 17.5 Å². The van der Waals surface area contributed by atoms with Crippen LogP contribution in [0.5, 0.6) is 0 Å². The standard InChI is InChI=1S/C16H18ClN3O2/c1-16(2,3)15(22)18-12-6-8(17)4-5-9(12)13-10-7-11(10)14(21)20-19-13/h4-6,10-11H,7H2,1-3H3,(H,18,22)(H,20,21). The fourth-order valence-electron chi connectivity index (χ4n) is 2.48. The zero-order valence-corrected chi connectivity index (χ0v) is 13.5. The van der Waals surface area contributed by atoms with Gasteiger partial charge in [0.1, 0.15) is 0 Å². The minimum absolute atomic E-state index is 0.00865. The Morgan fingerprint density at radius 1 is 1.36 bits per heavy atom. The smallest absolute Gasteiger partial charge is 0.243 e. The predicted octanol–water partition coefficient (Wildman–Crippen LogP) is 2.79. The second-order valence-electron chi connectivity index (χ2n) is 6.82. The van der Waals surface area contributed by atoms with Gasteiger partial charge in [0.25, 0.3) is 0 Å². The lowest BCUT2D eigenvalue weighted by Crippen LogP contribution is -2.31. The molecule has 2 atom stereocenters. The van der Waals surface area contributed by atoms with Crippen molar-refractivity contribution in [2.45, 2.75) is 27.2 Å². The fourth-order valence-corrected chi connectivity index (χ4v) is 2.65. The molecule has 0 aromatic heterocycles. The van der Waals surface area contributed by atoms with E-state index in [-0.39, 0.29) is 23.7 Å². The van der Waals surface area contributed by atoms with Crippen LogP contribution in [0.1, 0.15) is 32.8 Å². The maximum atomic E-state index is 12.3. The van der Waals surface area contributed by atoms with Gasteiger partial charge in [-0.05, 0) is 24.6 Å². The summed E-state index contributed by atoms with van der Waals surface area (Å²) in [5.41, 5.74) is 4.30. The zero-order valence-electron chi connectivity index (χ0n) is 12.7. The third-order valence-corrected chi connectivity index (χ3v) is 4.19. The summed E-state index contributed by atoms with van der Waals surface area (Å²) in [5, 5.41) is 7.65. The lowest BCUT2D eigenvalue weighted by molar-refractivity contribution is -0.123. The predicted molar refractivity (Wildman–Crippen MR) is 85.8 cm³/mol. The van der Waals surface area contributed by atoms with Crippen LogP contribution < -0.4 is 10.7 Å². The summed E-state index contributed by atoms with van der Waals surface area (Å²) in [6, 6.07) is 5.32. The van der Waals surface area contributed by atoms with Crippen molar-refractivity contribution in [3.05, 3.63) is 28.8 Å². The van der Waals surface area contributed by atoms with E-state index in [2.05, 4.69) is 15.8 Å². The van der Waals surface area contributed by atoms with E-state index in [1.165, 1.54) is 0 Å². The van der Waals surface area contributed by atoms with E-state index in [9.17, 15) is 9.59 Å². The average Bonchev–Trinajstić information content (AvgIpc) is 3.20. The van der Waals surface area contributed by atoms with Gasteiger partial charge in [-0.1, -0.05) is 32.4 Å². The van der Waals surface area contributed by atoms with E-state index in [4.69, 9.17) is 11.6 Å². The van der Waals surface area contributed by atoms with Crippen LogP contribution in [0.3, 0.4) is 0 Å². The molecule has 22 heavy (non-hydrogen) atoms. The maximum Gasteiger partial charge on any atom is 0.243 e. The summed E-state index contributed by atoms with van der Waals surface area (Å²) in [6.07, 6.45) is 0.806. The number of halogens is 1. The minimum Gasteiger partial charge on any atom is -0.325 e. The Hall–Kier alpha value is -1.88. The van der Waals surface area contributed by atoms with Gasteiger partial charge in [0.05, 0.1) is 11.4 Å². The van der Waals surface area contributed by atoms with Crippen LogP contribution in [-0.2, 0) is 9.59 Å². The first kappa shape index (κ1) is 15.0. The molecule has 5 nitrogen and oxygen atoms in total. The van der Waals surface area contributed by atoms with Gasteiger partial charge in [0.15, 0.2) is 0 Å². The van der Waals surface area contributed by atoms with Crippen molar-refractivity contribution >= 4 is 34.8 Å². The lowest BCUT2D eigenvalue weighted by Gasteiger charge is -2.21. The zero-order chi connectivity index (χ0) is 16.1. The average molecular weight is 320 g/mol. The summed E-state index contributed by atoms with van der Waals surface area (Å²) in [5.74, 6) is 0.0290. The van der Waals surface area contributed by atoms with Gasteiger partial charge in [0, 0.05) is 27.8 Å². The van der Waals surface area contributed by atoms with Crippen molar-refractivity contribution < 1.29 is 9.59 Å². The first-order chi connectivity index (χ1) is 10.3. The first-order valence-electron chi connectivity index (χ1n) is 7.26. The van der Waals surface area contributed by atoms with Crippen LogP contribution in [0.2, 0.25) is 5.02 Å². The normalized spacial score (nSPS) is 23.3. The van der Waals surface area contributed by atoms with Crippen LogP contribution in [0.4, 0.5) is 5.69 Å². The molecule has 1 heterocycles. The number of anilines is 1. The van der Waals surface area contributed by atoms with E-state index >= 15 is 0 Å². The van der Waals surface area contributed by atoms with Crippen molar-refractivity contribution in [3.8, 4) is 0 Å². The second kappa shape index (κ2) is 5.09. The summed E-state index contributed by atoms with van der Waals surface area (Å²) < 4.78 is 0. The highest BCUT2D eigenvalue weighted by atomic mass is 35.5. The number of fused-ring (bicyclic) bond motifs is 1. The number of nitrogens with zero attached hydrogens (tertiary/aromatic N) is 1. The minimum atomic E-state index is -0.510. The number of carbonyl (C=O) groups is 2. The number of benzene rings is 1. The van der Waals surface area contributed by atoms with E-state index in [1.807, 2.05) is 26.8 Å². The molecule has 0 saturated heterocycles. The number of hydrogen-bond donors (Lipinski definition) is 2. The van der Waals surface area contributed by atoms with Gasteiger partial charge in [-0.2, -0.15) is 5.10 Å². The van der Waals surface area contributed by atoms with Gasteiger partial charge in [-0.3, -0.25) is 9.59 Å². The van der Waals surface area contributed by atoms with E-state index in [0.717, 1.165) is 17.7 Å². The van der Waals surface area contributed by atoms with Crippen molar-refractivity contribution in [2.24, 2.45) is 22.4 Å². The summed E-state index contributed by atoms with van der Waals surface area (Å²) in [7, 11) is 0. The van der Waals surface area contributed by atoms with Gasteiger partial charge >= 0.3 is 0 Å². The quantitative estimate of drug-likeness (QED) is 0.880. The van der Waals surface area contributed by atoms with Gasteiger partial charge in [-0.25, -0.2) is 5.43 Å². The van der Waals surface area contributed by atoms with Crippen LogP contribution in [0, 0.1) is 17.3 Å². The van der Waals surface area contributed by atoms with Crippen molar-refractivity contribution in [1.29, 1.82) is 0 Å². The summed E-state index contributed by atoms with van der Waals surface area (Å²) >= 11 is 6.06. The molecule has 1 saturated carbocycles. The third kappa shape index (κ3) is 2.73. The molecule has 1 aromatic rings. The summed E-state index contributed by atoms with van der Waals surface area (Å²) in [4.78, 5) is 23.8. The molecule has 2 unspecified atom stereocenters. The Morgan fingerprint density at radius 3 is 2.77 bits per heavy atom. The number of rotatable bonds is 2. The Morgan fingerprint density at radius 2 is 2.09 bits per heavy atom. The molecule has 2 aliphatic rings. The van der Waals surface area contributed by atoms with E-state index in [0.29, 0.717) is 10.7 Å². The van der Waals surface area contributed by atoms with Crippen LogP contribution >= 0.6 is 11.6 Å². The molecule has 1 fully saturated rings. The SMILES string of the molecule is CC(C)(C)C(=O)Nc1cc(Cl)ccc1C1=NNC(=O)C2CC12. The molecule has 3 rings (SSSR count). The van der Waals surface area contributed by atoms with Crippen molar-refractivity contribution in [2.75, 3.05) is 5.32 Å². The Labute approximate surface area is 134 Å². The van der Waals surface area contributed by atoms with E-state index < -0.39 is 5.41 Å². The molecular formula is C16H18ClN3O2. The van der Waals surface area contributed by atoms with Crippen molar-refractivity contribution in [3.63, 3.8) is 0 Å². The molecule has 0 bridgehead atoms. The van der Waals surface area contributed by atoms with Crippen molar-refractivity contribution in [1.82, 2.24) is 5.43 Å². The fraction of sp³-hybridized carbons (Fsp3) is 0.438. The number of nitrogens with one attached hydrogen (secondary N) is 2. The molecule has 1 aliphatic carbocycles. The largest absolute Gasteiger partial charge is 0.325 e. The molecule has 0 radical (unpaired) electrons. The monoisotopic (exact) mass is 319 g/mol.